The molecule has 5 aromatic rings. The van der Waals surface area contributed by atoms with Gasteiger partial charge < -0.3 is 15.0 Å². The van der Waals surface area contributed by atoms with Crippen molar-refractivity contribution in [3.05, 3.63) is 165 Å². The van der Waals surface area contributed by atoms with Crippen LogP contribution in [0.2, 0.25) is 5.02 Å². The Bertz CT molecular complexity index is 2200. The van der Waals surface area contributed by atoms with Gasteiger partial charge >= 0.3 is 13.9 Å². The molecule has 1 N–H and O–H groups in total. The van der Waals surface area contributed by atoms with Gasteiger partial charge in [0.1, 0.15) is 29.0 Å². The zero-order valence-corrected chi connectivity index (χ0v) is 31.7. The number of rotatable bonds is 15. The zero-order valence-electron chi connectivity index (χ0n) is 30.0. The second-order valence-corrected chi connectivity index (χ2v) is 14.7. The van der Waals surface area contributed by atoms with Gasteiger partial charge in [-0.1, -0.05) is 78.3 Å². The van der Waals surface area contributed by atoms with Crippen molar-refractivity contribution in [3.63, 3.8) is 0 Å². The van der Waals surface area contributed by atoms with Gasteiger partial charge in [0, 0.05) is 42.4 Å². The molecule has 3 amide bonds. The highest BCUT2D eigenvalue weighted by Gasteiger charge is 2.35. The molecule has 292 valence electrons. The van der Waals surface area contributed by atoms with Crippen molar-refractivity contribution in [3.8, 4) is 5.75 Å². The molecule has 0 radical (unpaired) electrons. The van der Waals surface area contributed by atoms with Crippen molar-refractivity contribution in [1.29, 1.82) is 0 Å². The first-order valence-corrected chi connectivity index (χ1v) is 19.0. The third-order valence-electron chi connectivity index (χ3n) is 9.04. The lowest BCUT2D eigenvalue weighted by molar-refractivity contribution is 0.0443. The molecule has 0 saturated heterocycles. The number of carbonyl (C=O) groups is 2. The van der Waals surface area contributed by atoms with Crippen molar-refractivity contribution in [1.82, 2.24) is 10.2 Å². The predicted octanol–water partition coefficient (Wildman–Crippen LogP) is 9.85. The van der Waals surface area contributed by atoms with Gasteiger partial charge in [0.15, 0.2) is 6.79 Å². The summed E-state index contributed by atoms with van der Waals surface area (Å²) < 4.78 is 93.4. The highest BCUT2D eigenvalue weighted by Crippen LogP contribution is 2.51. The smallest absolute Gasteiger partial charge is 0.465 e. The van der Waals surface area contributed by atoms with Gasteiger partial charge in [0.2, 0.25) is 0 Å². The Kier molecular flexibility index (Phi) is 12.8. The van der Waals surface area contributed by atoms with E-state index in [0.29, 0.717) is 28.8 Å². The predicted molar refractivity (Wildman–Crippen MR) is 200 cm³/mol. The van der Waals surface area contributed by atoms with E-state index < -0.39 is 74.5 Å². The van der Waals surface area contributed by atoms with Crippen LogP contribution in [-0.2, 0) is 44.4 Å². The topological polar surface area (TPSA) is 107 Å². The first kappa shape index (κ1) is 40.4. The second kappa shape index (κ2) is 17.7. The van der Waals surface area contributed by atoms with Crippen LogP contribution >= 0.6 is 19.4 Å². The van der Waals surface area contributed by atoms with Gasteiger partial charge in [0.25, 0.3) is 5.91 Å². The molecule has 0 unspecified atom stereocenters. The standard InChI is InChI=1S/C40H35ClF4N3O7P/c1-25-30-14-13-28(39(49)46-20-31-34(44)18-29(42)19-35(31)45)17-36(30)48(40(50)47(25)2)21-32-33(43)15-16-37(38(32)41)52-24-55-56(51,53-22-26-9-5-3-6-10-26)54-23-27-11-7-4-8-12-27/h3-19,25H,20-24H2,1-2H3,(H,46,49)/t25-/m0/s1. The largest absolute Gasteiger partial charge is 0.478 e. The number of ether oxygens (including phenoxy) is 1. The van der Waals surface area contributed by atoms with Crippen LogP contribution in [0.25, 0.3) is 0 Å². The number of benzene rings is 5. The van der Waals surface area contributed by atoms with Crippen LogP contribution in [0.15, 0.2) is 103 Å². The molecule has 1 aliphatic heterocycles. The Balaban J connectivity index is 1.19. The number of fused-ring (bicyclic) bond motifs is 1. The first-order chi connectivity index (χ1) is 26.8. The average Bonchev–Trinajstić information content (AvgIpc) is 3.19. The van der Waals surface area contributed by atoms with E-state index in [9.17, 15) is 27.3 Å². The fourth-order valence-corrected chi connectivity index (χ4v) is 7.10. The van der Waals surface area contributed by atoms with E-state index in [0.717, 1.165) is 6.07 Å². The fourth-order valence-electron chi connectivity index (χ4n) is 5.82. The van der Waals surface area contributed by atoms with Gasteiger partial charge in [-0.3, -0.25) is 18.7 Å². The number of phosphoric ester groups is 1. The molecule has 1 atom stereocenters. The second-order valence-electron chi connectivity index (χ2n) is 12.7. The molecule has 1 aliphatic rings. The molecule has 0 spiro atoms. The molecule has 5 aromatic carbocycles. The number of halogens is 5. The number of amides is 3. The van der Waals surface area contributed by atoms with Crippen molar-refractivity contribution in [2.45, 2.75) is 39.3 Å². The number of nitrogens with one attached hydrogen (secondary N) is 1. The van der Waals surface area contributed by atoms with E-state index in [4.69, 9.17) is 29.9 Å². The summed E-state index contributed by atoms with van der Waals surface area (Å²) in [5.41, 5.74) is 1.63. The maximum atomic E-state index is 15.5. The van der Waals surface area contributed by atoms with Gasteiger partial charge in [0.05, 0.1) is 36.5 Å². The third-order valence-corrected chi connectivity index (χ3v) is 10.8. The van der Waals surface area contributed by atoms with Crippen LogP contribution in [0.4, 0.5) is 28.0 Å². The summed E-state index contributed by atoms with van der Waals surface area (Å²) in [7, 11) is -2.68. The summed E-state index contributed by atoms with van der Waals surface area (Å²) >= 11 is 6.67. The van der Waals surface area contributed by atoms with Crippen molar-refractivity contribution in [2.24, 2.45) is 0 Å². The summed E-state index contributed by atoms with van der Waals surface area (Å²) in [6, 6.07) is 24.7. The molecular weight excluding hydrogens is 777 g/mol. The molecule has 6 rings (SSSR count). The summed E-state index contributed by atoms with van der Waals surface area (Å²) in [5.74, 6) is -5.03. The molecule has 1 heterocycles. The maximum absolute atomic E-state index is 15.5. The molecule has 16 heteroatoms. The number of urea groups is 1. The fraction of sp³-hybridized carbons (Fsp3) is 0.200. The van der Waals surface area contributed by atoms with Gasteiger partial charge in [-0.05, 0) is 47.9 Å². The lowest BCUT2D eigenvalue weighted by Gasteiger charge is -2.40. The molecule has 56 heavy (non-hydrogen) atoms. The SMILES string of the molecule is C[C@H]1c2ccc(C(=O)NCc3c(F)cc(F)cc3F)cc2N(Cc2c(F)ccc(OCOP(=O)(OCc3ccccc3)OCc3ccccc3)c2Cl)C(=O)N1C. The Morgan fingerprint density at radius 2 is 1.41 bits per heavy atom. The Labute approximate surface area is 325 Å². The Hall–Kier alpha value is -5.24. The highest BCUT2D eigenvalue weighted by molar-refractivity contribution is 7.48. The summed E-state index contributed by atoms with van der Waals surface area (Å²) in [6.07, 6.45) is 0. The average molecular weight is 812 g/mol. The molecule has 0 saturated carbocycles. The van der Waals surface area contributed by atoms with Crippen LogP contribution in [0.5, 0.6) is 5.75 Å². The van der Waals surface area contributed by atoms with Crippen molar-refractivity contribution in [2.75, 3.05) is 18.7 Å². The number of anilines is 1. The number of carbonyl (C=O) groups excluding carboxylic acids is 2. The van der Waals surface area contributed by atoms with Crippen molar-refractivity contribution < 1.29 is 50.0 Å². The van der Waals surface area contributed by atoms with E-state index in [-0.39, 0.29) is 40.8 Å². The van der Waals surface area contributed by atoms with Crippen LogP contribution in [0.1, 0.15) is 51.1 Å². The van der Waals surface area contributed by atoms with E-state index in [2.05, 4.69) is 5.32 Å². The molecule has 0 fully saturated rings. The van der Waals surface area contributed by atoms with E-state index in [1.807, 2.05) is 12.1 Å². The number of hydrogen-bond donors (Lipinski definition) is 1. The minimum Gasteiger partial charge on any atom is -0.465 e. The van der Waals surface area contributed by atoms with Gasteiger partial charge in [-0.2, -0.15) is 0 Å². The van der Waals surface area contributed by atoms with Crippen LogP contribution < -0.4 is 15.0 Å². The van der Waals surface area contributed by atoms with Gasteiger partial charge in [-0.25, -0.2) is 31.4 Å². The normalized spacial score (nSPS) is 14.1. The third kappa shape index (κ3) is 9.40. The lowest BCUT2D eigenvalue weighted by Crippen LogP contribution is -2.46. The monoisotopic (exact) mass is 811 g/mol. The first-order valence-electron chi connectivity index (χ1n) is 17.1. The van der Waals surface area contributed by atoms with E-state index in [1.54, 1.807) is 68.6 Å². The number of nitrogens with zero attached hydrogens (tertiary/aromatic N) is 2. The Morgan fingerprint density at radius 1 is 0.804 bits per heavy atom. The highest BCUT2D eigenvalue weighted by atomic mass is 35.5. The van der Waals surface area contributed by atoms with Crippen LogP contribution in [-0.4, -0.2) is 30.7 Å². The maximum Gasteiger partial charge on any atom is 0.478 e. The van der Waals surface area contributed by atoms with Crippen LogP contribution in [0, 0.1) is 23.3 Å². The minimum atomic E-state index is -4.24. The van der Waals surface area contributed by atoms with E-state index in [1.165, 1.54) is 28.0 Å². The lowest BCUT2D eigenvalue weighted by atomic mass is 9.98. The summed E-state index contributed by atoms with van der Waals surface area (Å²) in [6.45, 7) is -0.103. The summed E-state index contributed by atoms with van der Waals surface area (Å²) in [5, 5.41) is 2.19. The summed E-state index contributed by atoms with van der Waals surface area (Å²) in [4.78, 5) is 29.5. The zero-order chi connectivity index (χ0) is 40.0. The molecular formula is C40H35ClF4N3O7P. The molecule has 0 bridgehead atoms. The number of phosphoric acid groups is 1. The van der Waals surface area contributed by atoms with Crippen LogP contribution in [0.3, 0.4) is 0 Å². The minimum absolute atomic E-state index is 0.0235. The van der Waals surface area contributed by atoms with Gasteiger partial charge in [-0.15, -0.1) is 0 Å². The molecule has 0 aliphatic carbocycles. The number of hydrogen-bond acceptors (Lipinski definition) is 7. The Morgan fingerprint density at radius 3 is 2.02 bits per heavy atom. The molecule has 10 nitrogen and oxygen atoms in total. The van der Waals surface area contributed by atoms with Crippen molar-refractivity contribution >= 4 is 37.0 Å². The van der Waals surface area contributed by atoms with E-state index >= 15 is 4.39 Å². The quantitative estimate of drug-likeness (QED) is 0.0638. The molecule has 0 aromatic heterocycles.